The van der Waals surface area contributed by atoms with Crippen LogP contribution in [0.2, 0.25) is 0 Å². The lowest BCUT2D eigenvalue weighted by molar-refractivity contribution is 0.302. The Morgan fingerprint density at radius 1 is 1.05 bits per heavy atom. The molecule has 0 radical (unpaired) electrons. The van der Waals surface area contributed by atoms with E-state index in [0.717, 1.165) is 28.0 Å². The van der Waals surface area contributed by atoms with Crippen LogP contribution in [-0.4, -0.2) is 4.99 Å². The van der Waals surface area contributed by atoms with Crippen molar-refractivity contribution in [2.75, 3.05) is 0 Å². The van der Waals surface area contributed by atoms with Crippen molar-refractivity contribution >= 4 is 17.2 Å². The van der Waals surface area contributed by atoms with Crippen LogP contribution in [0.3, 0.4) is 0 Å². The molecule has 0 heterocycles. The molecule has 0 aliphatic rings. The van der Waals surface area contributed by atoms with E-state index in [9.17, 15) is 0 Å². The van der Waals surface area contributed by atoms with E-state index in [-0.39, 0.29) is 0 Å². The smallest absolute Gasteiger partial charge is 0.125 e. The third-order valence-corrected chi connectivity index (χ3v) is 3.27. The lowest BCUT2D eigenvalue weighted by Gasteiger charge is -2.12. The molecule has 0 fully saturated rings. The standard InChI is InChI=1S/C16H17NOS/c1-11-4-3-5-12(2)15(11)18-10-13-6-8-14(9-7-13)16(17)19/h3-9H,10H2,1-2H3,(H2,17,19). The van der Waals surface area contributed by atoms with Gasteiger partial charge in [-0.15, -0.1) is 0 Å². The number of aryl methyl sites for hydroxylation is 2. The van der Waals surface area contributed by atoms with Gasteiger partial charge in [-0.2, -0.15) is 0 Å². The fourth-order valence-electron chi connectivity index (χ4n) is 1.95. The number of hydrogen-bond donors (Lipinski definition) is 1. The van der Waals surface area contributed by atoms with E-state index >= 15 is 0 Å². The third kappa shape index (κ3) is 3.32. The third-order valence-electron chi connectivity index (χ3n) is 3.03. The molecular weight excluding hydrogens is 254 g/mol. The molecule has 0 amide bonds. The molecule has 3 heteroatoms. The van der Waals surface area contributed by atoms with Crippen LogP contribution in [0, 0.1) is 13.8 Å². The minimum absolute atomic E-state index is 0.419. The second-order valence-corrected chi connectivity index (χ2v) is 5.01. The number of ether oxygens (including phenoxy) is 1. The molecule has 0 spiro atoms. The molecule has 0 bridgehead atoms. The predicted molar refractivity (Wildman–Crippen MR) is 82.6 cm³/mol. The van der Waals surface area contributed by atoms with Gasteiger partial charge in [0.05, 0.1) is 0 Å². The average Bonchev–Trinajstić information content (AvgIpc) is 2.38. The van der Waals surface area contributed by atoms with E-state index in [2.05, 4.69) is 26.0 Å². The van der Waals surface area contributed by atoms with Gasteiger partial charge in [-0.1, -0.05) is 54.7 Å². The van der Waals surface area contributed by atoms with E-state index in [0.29, 0.717) is 11.6 Å². The molecule has 2 aromatic carbocycles. The maximum absolute atomic E-state index is 5.89. The first-order chi connectivity index (χ1) is 9.08. The van der Waals surface area contributed by atoms with Crippen molar-refractivity contribution in [2.45, 2.75) is 20.5 Å². The van der Waals surface area contributed by atoms with Gasteiger partial charge >= 0.3 is 0 Å². The Bertz CT molecular complexity index is 570. The molecule has 0 saturated carbocycles. The molecule has 0 aliphatic carbocycles. The zero-order valence-corrected chi connectivity index (χ0v) is 12.0. The molecule has 0 aliphatic heterocycles. The maximum atomic E-state index is 5.89. The highest BCUT2D eigenvalue weighted by atomic mass is 32.1. The summed E-state index contributed by atoms with van der Waals surface area (Å²) >= 11 is 4.93. The predicted octanol–water partition coefficient (Wildman–Crippen LogP) is 3.52. The second kappa shape index (κ2) is 5.85. The summed E-state index contributed by atoms with van der Waals surface area (Å²) in [5, 5.41) is 0. The van der Waals surface area contributed by atoms with Gasteiger partial charge in [-0.3, -0.25) is 0 Å². The quantitative estimate of drug-likeness (QED) is 0.864. The fourth-order valence-corrected chi connectivity index (χ4v) is 2.08. The molecule has 19 heavy (non-hydrogen) atoms. The van der Waals surface area contributed by atoms with Crippen LogP contribution < -0.4 is 10.5 Å². The van der Waals surface area contributed by atoms with Crippen molar-refractivity contribution in [1.29, 1.82) is 0 Å². The summed E-state index contributed by atoms with van der Waals surface area (Å²) in [5.41, 5.74) is 9.85. The number of rotatable bonds is 4. The van der Waals surface area contributed by atoms with E-state index < -0.39 is 0 Å². The number of thiocarbonyl (C=S) groups is 1. The average molecular weight is 271 g/mol. The zero-order chi connectivity index (χ0) is 13.8. The summed E-state index contributed by atoms with van der Waals surface area (Å²) in [5.74, 6) is 0.959. The molecule has 98 valence electrons. The topological polar surface area (TPSA) is 35.2 Å². The normalized spacial score (nSPS) is 10.2. The van der Waals surface area contributed by atoms with Crippen LogP contribution in [0.1, 0.15) is 22.3 Å². The van der Waals surface area contributed by atoms with Crippen LogP contribution in [-0.2, 0) is 6.61 Å². The van der Waals surface area contributed by atoms with Gasteiger partial charge in [0.15, 0.2) is 0 Å². The lowest BCUT2D eigenvalue weighted by Crippen LogP contribution is -2.09. The molecule has 0 aromatic heterocycles. The van der Waals surface area contributed by atoms with Gasteiger partial charge in [-0.25, -0.2) is 0 Å². The summed E-state index contributed by atoms with van der Waals surface area (Å²) in [6.07, 6.45) is 0. The minimum atomic E-state index is 0.419. The van der Waals surface area contributed by atoms with Gasteiger partial charge in [0.2, 0.25) is 0 Å². The SMILES string of the molecule is Cc1cccc(C)c1OCc1ccc(C(N)=S)cc1. The monoisotopic (exact) mass is 271 g/mol. The molecule has 2 rings (SSSR count). The van der Waals surface area contributed by atoms with Crippen LogP contribution in [0.15, 0.2) is 42.5 Å². The van der Waals surface area contributed by atoms with Crippen molar-refractivity contribution in [1.82, 2.24) is 0 Å². The fraction of sp³-hybridized carbons (Fsp3) is 0.188. The van der Waals surface area contributed by atoms with Crippen molar-refractivity contribution < 1.29 is 4.74 Å². The van der Waals surface area contributed by atoms with Crippen molar-refractivity contribution in [3.63, 3.8) is 0 Å². The Labute approximate surface area is 119 Å². The van der Waals surface area contributed by atoms with Gasteiger partial charge in [0.25, 0.3) is 0 Å². The van der Waals surface area contributed by atoms with Crippen molar-refractivity contribution in [2.24, 2.45) is 5.73 Å². The van der Waals surface area contributed by atoms with Crippen molar-refractivity contribution in [3.05, 3.63) is 64.7 Å². The number of benzene rings is 2. The highest BCUT2D eigenvalue weighted by Gasteiger charge is 2.04. The lowest BCUT2D eigenvalue weighted by atomic mass is 10.1. The highest BCUT2D eigenvalue weighted by molar-refractivity contribution is 7.80. The van der Waals surface area contributed by atoms with Gasteiger partial charge in [-0.05, 0) is 30.5 Å². The highest BCUT2D eigenvalue weighted by Crippen LogP contribution is 2.23. The Morgan fingerprint density at radius 3 is 2.16 bits per heavy atom. The van der Waals surface area contributed by atoms with Gasteiger partial charge in [0, 0.05) is 5.56 Å². The first-order valence-electron chi connectivity index (χ1n) is 6.15. The molecule has 0 saturated heterocycles. The molecule has 0 atom stereocenters. The van der Waals surface area contributed by atoms with E-state index in [1.165, 1.54) is 0 Å². The summed E-state index contributed by atoms with van der Waals surface area (Å²) in [6.45, 7) is 4.65. The van der Waals surface area contributed by atoms with Crippen molar-refractivity contribution in [3.8, 4) is 5.75 Å². The number of para-hydroxylation sites is 1. The second-order valence-electron chi connectivity index (χ2n) is 4.57. The van der Waals surface area contributed by atoms with Crippen LogP contribution in [0.5, 0.6) is 5.75 Å². The number of hydrogen-bond acceptors (Lipinski definition) is 2. The van der Waals surface area contributed by atoms with E-state index in [1.54, 1.807) is 0 Å². The Hall–Kier alpha value is -1.87. The Morgan fingerprint density at radius 2 is 1.63 bits per heavy atom. The van der Waals surface area contributed by atoms with Gasteiger partial charge < -0.3 is 10.5 Å². The van der Waals surface area contributed by atoms with E-state index in [4.69, 9.17) is 22.7 Å². The van der Waals surface area contributed by atoms with Crippen LogP contribution in [0.25, 0.3) is 0 Å². The Kier molecular flexibility index (Phi) is 4.17. The van der Waals surface area contributed by atoms with Gasteiger partial charge in [0.1, 0.15) is 17.3 Å². The first-order valence-corrected chi connectivity index (χ1v) is 6.56. The maximum Gasteiger partial charge on any atom is 0.125 e. The van der Waals surface area contributed by atoms with Crippen LogP contribution in [0.4, 0.5) is 0 Å². The molecule has 2 aromatic rings. The molecular formula is C16H17NOS. The minimum Gasteiger partial charge on any atom is -0.488 e. The molecule has 0 unspecified atom stereocenters. The zero-order valence-electron chi connectivity index (χ0n) is 11.1. The summed E-state index contributed by atoms with van der Waals surface area (Å²) in [7, 11) is 0. The summed E-state index contributed by atoms with van der Waals surface area (Å²) in [4.78, 5) is 0.419. The molecule has 2 N–H and O–H groups in total. The van der Waals surface area contributed by atoms with E-state index in [1.807, 2.05) is 30.3 Å². The largest absolute Gasteiger partial charge is 0.488 e. The summed E-state index contributed by atoms with van der Waals surface area (Å²) < 4.78 is 5.89. The Balaban J connectivity index is 2.08. The molecule has 2 nitrogen and oxygen atoms in total. The summed E-state index contributed by atoms with van der Waals surface area (Å²) in [6, 6.07) is 14.0. The number of nitrogens with two attached hydrogens (primary N) is 1. The first kappa shape index (κ1) is 13.6. The van der Waals surface area contributed by atoms with Crippen LogP contribution >= 0.6 is 12.2 Å².